The molecule has 140 valence electrons. The van der Waals surface area contributed by atoms with Crippen LogP contribution in [0, 0.1) is 6.92 Å². The molecule has 28 heavy (non-hydrogen) atoms. The Labute approximate surface area is 160 Å². The van der Waals surface area contributed by atoms with Crippen molar-refractivity contribution in [1.29, 1.82) is 0 Å². The van der Waals surface area contributed by atoms with Crippen molar-refractivity contribution in [2.24, 2.45) is 7.05 Å². The van der Waals surface area contributed by atoms with Gasteiger partial charge in [0.1, 0.15) is 17.2 Å². The lowest BCUT2D eigenvalue weighted by Crippen LogP contribution is -2.29. The van der Waals surface area contributed by atoms with E-state index < -0.39 is 11.5 Å². The van der Waals surface area contributed by atoms with Crippen LogP contribution < -0.4 is 10.9 Å². The van der Waals surface area contributed by atoms with E-state index in [2.05, 4.69) is 25.3 Å². The van der Waals surface area contributed by atoms with Gasteiger partial charge in [-0.25, -0.2) is 9.97 Å². The van der Waals surface area contributed by atoms with Gasteiger partial charge in [0.2, 0.25) is 0 Å². The van der Waals surface area contributed by atoms with Crippen molar-refractivity contribution in [2.75, 3.05) is 0 Å². The number of nitrogens with zero attached hydrogens (tertiary/aromatic N) is 4. The van der Waals surface area contributed by atoms with Crippen molar-refractivity contribution in [3.8, 4) is 11.4 Å². The summed E-state index contributed by atoms with van der Waals surface area (Å²) in [6.45, 7) is 2.23. The van der Waals surface area contributed by atoms with Gasteiger partial charge >= 0.3 is 0 Å². The number of nitrogens with one attached hydrogen (secondary N) is 2. The Hall–Kier alpha value is -3.81. The molecule has 0 bridgehead atoms. The molecule has 3 heterocycles. The fraction of sp³-hybridized carbons (Fsp3) is 0.150. The lowest BCUT2D eigenvalue weighted by atomic mass is 10.2. The van der Waals surface area contributed by atoms with Gasteiger partial charge in [0.05, 0.1) is 11.0 Å². The summed E-state index contributed by atoms with van der Waals surface area (Å²) in [5.74, 6) is 0.803. The monoisotopic (exact) mass is 374 g/mol. The quantitative estimate of drug-likeness (QED) is 0.568. The van der Waals surface area contributed by atoms with Crippen molar-refractivity contribution in [2.45, 2.75) is 13.5 Å². The van der Waals surface area contributed by atoms with Crippen LogP contribution in [0.4, 0.5) is 0 Å². The Morgan fingerprint density at radius 2 is 2.11 bits per heavy atom. The molecule has 1 amide bonds. The van der Waals surface area contributed by atoms with Gasteiger partial charge in [0.25, 0.3) is 11.5 Å². The van der Waals surface area contributed by atoms with Crippen LogP contribution in [0.2, 0.25) is 0 Å². The molecule has 0 saturated carbocycles. The Balaban J connectivity index is 1.50. The third-order valence-electron chi connectivity index (χ3n) is 4.60. The lowest BCUT2D eigenvalue weighted by molar-refractivity contribution is 0.0949. The Morgan fingerprint density at radius 3 is 2.86 bits per heavy atom. The number of imidazole rings is 1. The van der Waals surface area contributed by atoms with E-state index in [1.54, 1.807) is 24.5 Å². The molecule has 0 aliphatic heterocycles. The maximum atomic E-state index is 12.4. The maximum Gasteiger partial charge on any atom is 0.264 e. The molecule has 0 aliphatic rings. The zero-order chi connectivity index (χ0) is 19.7. The number of amides is 1. The summed E-state index contributed by atoms with van der Waals surface area (Å²) in [6.07, 6.45) is 4.50. The average Bonchev–Trinajstić information content (AvgIpc) is 3.00. The van der Waals surface area contributed by atoms with Crippen molar-refractivity contribution in [3.63, 3.8) is 0 Å². The Kier molecular flexibility index (Phi) is 4.44. The highest BCUT2D eigenvalue weighted by atomic mass is 16.2. The Bertz CT molecular complexity index is 1230. The number of H-pyrrole nitrogens is 1. The van der Waals surface area contributed by atoms with Crippen LogP contribution in [0.3, 0.4) is 0 Å². The van der Waals surface area contributed by atoms with Crippen molar-refractivity contribution in [3.05, 3.63) is 76.2 Å². The highest BCUT2D eigenvalue weighted by molar-refractivity contribution is 5.93. The van der Waals surface area contributed by atoms with Crippen LogP contribution in [0.25, 0.3) is 22.4 Å². The smallest absolute Gasteiger partial charge is 0.264 e. The van der Waals surface area contributed by atoms with E-state index in [0.717, 1.165) is 22.4 Å². The summed E-state index contributed by atoms with van der Waals surface area (Å²) < 4.78 is 2.01. The summed E-state index contributed by atoms with van der Waals surface area (Å²) in [5.41, 5.74) is 2.93. The fourth-order valence-corrected chi connectivity index (χ4v) is 2.96. The highest BCUT2D eigenvalue weighted by Gasteiger charge is 2.13. The summed E-state index contributed by atoms with van der Waals surface area (Å²) in [5, 5.41) is 2.76. The second-order valence-electron chi connectivity index (χ2n) is 6.44. The highest BCUT2D eigenvalue weighted by Crippen LogP contribution is 2.16. The maximum absolute atomic E-state index is 12.4. The number of fused-ring (bicyclic) bond motifs is 1. The second-order valence-corrected chi connectivity index (χ2v) is 6.44. The summed E-state index contributed by atoms with van der Waals surface area (Å²) in [6, 6.07) is 9.35. The predicted molar refractivity (Wildman–Crippen MR) is 105 cm³/mol. The van der Waals surface area contributed by atoms with Gasteiger partial charge in [-0.3, -0.25) is 14.6 Å². The second kappa shape index (κ2) is 7.07. The number of pyridine rings is 1. The van der Waals surface area contributed by atoms with E-state index in [1.807, 2.05) is 36.7 Å². The normalized spacial score (nSPS) is 10.9. The van der Waals surface area contributed by atoms with Gasteiger partial charge < -0.3 is 14.9 Å². The molecule has 0 spiro atoms. The molecule has 3 aromatic heterocycles. The SMILES string of the molecule is Cc1nc2cc(CNC(=O)c3cnc(-c4cccnc4)[nH]c3=O)ccc2n1C. The number of aromatic amines is 1. The van der Waals surface area contributed by atoms with Crippen LogP contribution >= 0.6 is 0 Å². The molecule has 4 aromatic rings. The molecular weight excluding hydrogens is 356 g/mol. The van der Waals surface area contributed by atoms with Crippen LogP contribution in [0.1, 0.15) is 21.7 Å². The van der Waals surface area contributed by atoms with Crippen LogP contribution in [0.5, 0.6) is 0 Å². The van der Waals surface area contributed by atoms with Crippen molar-refractivity contribution < 1.29 is 4.79 Å². The first-order valence-electron chi connectivity index (χ1n) is 8.73. The van der Waals surface area contributed by atoms with Crippen LogP contribution in [-0.4, -0.2) is 30.4 Å². The van der Waals surface area contributed by atoms with Crippen molar-refractivity contribution in [1.82, 2.24) is 29.8 Å². The number of aryl methyl sites for hydroxylation is 2. The third-order valence-corrected chi connectivity index (χ3v) is 4.60. The zero-order valence-electron chi connectivity index (χ0n) is 15.4. The van der Waals surface area contributed by atoms with Gasteiger partial charge in [-0.15, -0.1) is 0 Å². The molecule has 4 rings (SSSR count). The molecule has 1 aromatic carbocycles. The molecule has 0 atom stereocenters. The first-order valence-corrected chi connectivity index (χ1v) is 8.73. The number of aromatic nitrogens is 5. The topological polar surface area (TPSA) is 106 Å². The number of carbonyl (C=O) groups is 1. The molecule has 2 N–H and O–H groups in total. The number of hydrogen-bond donors (Lipinski definition) is 2. The number of hydrogen-bond acceptors (Lipinski definition) is 5. The minimum Gasteiger partial charge on any atom is -0.348 e. The molecule has 8 heteroatoms. The van der Waals surface area contributed by atoms with Gasteiger partial charge in [0.15, 0.2) is 0 Å². The molecule has 0 unspecified atom stereocenters. The number of carbonyl (C=O) groups excluding carboxylic acids is 1. The lowest BCUT2D eigenvalue weighted by Gasteiger charge is -2.06. The standard InChI is InChI=1S/C20H18N6O2/c1-12-24-16-8-13(5-6-17(16)26(12)2)9-23-19(27)15-11-22-18(25-20(15)28)14-4-3-7-21-10-14/h3-8,10-11H,9H2,1-2H3,(H,23,27)(H,22,25,28). The minimum absolute atomic E-state index is 0.0394. The molecule has 0 aliphatic carbocycles. The first-order chi connectivity index (χ1) is 13.5. The third kappa shape index (κ3) is 3.27. The zero-order valence-corrected chi connectivity index (χ0v) is 15.4. The molecule has 0 saturated heterocycles. The summed E-state index contributed by atoms with van der Waals surface area (Å²) >= 11 is 0. The van der Waals surface area contributed by atoms with Crippen LogP contribution in [-0.2, 0) is 13.6 Å². The number of benzene rings is 1. The van der Waals surface area contributed by atoms with E-state index in [1.165, 1.54) is 6.20 Å². The van der Waals surface area contributed by atoms with Crippen molar-refractivity contribution >= 4 is 16.9 Å². The fourth-order valence-electron chi connectivity index (χ4n) is 2.96. The molecule has 0 radical (unpaired) electrons. The van der Waals surface area contributed by atoms with E-state index in [0.29, 0.717) is 11.4 Å². The van der Waals surface area contributed by atoms with E-state index >= 15 is 0 Å². The predicted octanol–water partition coefficient (Wildman–Crippen LogP) is 1.96. The van der Waals surface area contributed by atoms with Gasteiger partial charge in [-0.1, -0.05) is 6.07 Å². The van der Waals surface area contributed by atoms with E-state index in [4.69, 9.17) is 0 Å². The van der Waals surface area contributed by atoms with Gasteiger partial charge in [-0.05, 0) is 36.8 Å². The summed E-state index contributed by atoms with van der Waals surface area (Å²) in [7, 11) is 1.96. The molecular formula is C20H18N6O2. The van der Waals surface area contributed by atoms with E-state index in [9.17, 15) is 9.59 Å². The first kappa shape index (κ1) is 17.6. The minimum atomic E-state index is -0.498. The molecule has 0 fully saturated rings. The largest absolute Gasteiger partial charge is 0.348 e. The summed E-state index contributed by atoms with van der Waals surface area (Å²) in [4.78, 5) is 40.0. The van der Waals surface area contributed by atoms with E-state index in [-0.39, 0.29) is 12.1 Å². The van der Waals surface area contributed by atoms with Crippen LogP contribution in [0.15, 0.2) is 53.7 Å². The Morgan fingerprint density at radius 1 is 1.25 bits per heavy atom. The van der Waals surface area contributed by atoms with Gasteiger partial charge in [0, 0.05) is 37.7 Å². The molecule has 8 nitrogen and oxygen atoms in total. The average molecular weight is 374 g/mol. The van der Waals surface area contributed by atoms with Gasteiger partial charge in [-0.2, -0.15) is 0 Å². The number of rotatable bonds is 4.